The molecule has 1 N–H and O–H groups in total. The first-order chi connectivity index (χ1) is 12.3. The van der Waals surface area contributed by atoms with Gasteiger partial charge in [-0.2, -0.15) is 5.10 Å². The molecular formula is C20H20N4O. The van der Waals surface area contributed by atoms with Gasteiger partial charge in [-0.1, -0.05) is 42.5 Å². The normalized spacial score (nSPS) is 10.8. The largest absolute Gasteiger partial charge is 0.497 e. The van der Waals surface area contributed by atoms with Crippen LogP contribution in [0.25, 0.3) is 16.8 Å². The fraction of sp³-hybridized carbons (Fsp3) is 0.100. The molecule has 0 atom stereocenters. The highest BCUT2D eigenvalue weighted by molar-refractivity contribution is 5.78. The van der Waals surface area contributed by atoms with E-state index in [-0.39, 0.29) is 1.43 Å². The van der Waals surface area contributed by atoms with E-state index in [9.17, 15) is 0 Å². The molecule has 4 rings (SSSR count). The Morgan fingerprint density at radius 2 is 1.96 bits per heavy atom. The summed E-state index contributed by atoms with van der Waals surface area (Å²) in [4.78, 5) is 4.73. The molecule has 126 valence electrons. The zero-order valence-corrected chi connectivity index (χ0v) is 13.9. The van der Waals surface area contributed by atoms with Crippen molar-refractivity contribution in [2.45, 2.75) is 6.54 Å². The third-order valence-electron chi connectivity index (χ3n) is 4.07. The van der Waals surface area contributed by atoms with E-state index in [1.807, 2.05) is 60.9 Å². The predicted octanol–water partition coefficient (Wildman–Crippen LogP) is 4.26. The van der Waals surface area contributed by atoms with Crippen molar-refractivity contribution in [3.63, 3.8) is 0 Å². The molecular weight excluding hydrogens is 312 g/mol. The molecule has 0 saturated heterocycles. The van der Waals surface area contributed by atoms with Crippen LogP contribution in [-0.2, 0) is 6.54 Å². The van der Waals surface area contributed by atoms with Crippen LogP contribution in [0.4, 0.5) is 5.82 Å². The minimum Gasteiger partial charge on any atom is -0.497 e. The average Bonchev–Trinajstić information content (AvgIpc) is 3.10. The van der Waals surface area contributed by atoms with E-state index < -0.39 is 0 Å². The fourth-order valence-electron chi connectivity index (χ4n) is 2.75. The van der Waals surface area contributed by atoms with Crippen LogP contribution in [0.5, 0.6) is 5.75 Å². The second-order valence-electron chi connectivity index (χ2n) is 5.71. The molecule has 0 amide bonds. The van der Waals surface area contributed by atoms with E-state index in [2.05, 4.69) is 22.5 Å². The number of nitrogens with zero attached hydrogens (tertiary/aromatic N) is 3. The highest BCUT2D eigenvalue weighted by Crippen LogP contribution is 2.27. The van der Waals surface area contributed by atoms with E-state index in [0.717, 1.165) is 34.9 Å². The molecule has 0 aliphatic rings. The van der Waals surface area contributed by atoms with Gasteiger partial charge < -0.3 is 10.1 Å². The maximum absolute atomic E-state index is 5.32. The van der Waals surface area contributed by atoms with Crippen molar-refractivity contribution in [2.75, 3.05) is 12.4 Å². The second-order valence-corrected chi connectivity index (χ2v) is 5.71. The molecule has 5 heteroatoms. The summed E-state index contributed by atoms with van der Waals surface area (Å²) < 4.78 is 7.10. The molecule has 0 radical (unpaired) electrons. The number of anilines is 1. The molecule has 0 bridgehead atoms. The Kier molecular flexibility index (Phi) is 4.04. The summed E-state index contributed by atoms with van der Waals surface area (Å²) in [7, 11) is 1.67. The van der Waals surface area contributed by atoms with Crippen molar-refractivity contribution in [1.82, 2.24) is 14.6 Å². The second kappa shape index (κ2) is 6.65. The zero-order chi connectivity index (χ0) is 17.1. The summed E-state index contributed by atoms with van der Waals surface area (Å²) in [6.07, 6.45) is 3.75. The van der Waals surface area contributed by atoms with Gasteiger partial charge in [0, 0.05) is 19.7 Å². The average molecular weight is 332 g/mol. The van der Waals surface area contributed by atoms with Crippen LogP contribution < -0.4 is 10.1 Å². The van der Waals surface area contributed by atoms with Crippen molar-refractivity contribution in [3.05, 3.63) is 78.6 Å². The summed E-state index contributed by atoms with van der Waals surface area (Å²) in [6, 6.07) is 20.1. The molecule has 0 aliphatic heterocycles. The SMILES string of the molecule is COc1cccc(-c2cnn3ccc(NCc4ccccc4)nc23)c1.[HH]. The third kappa shape index (κ3) is 3.17. The van der Waals surface area contributed by atoms with Crippen molar-refractivity contribution in [3.8, 4) is 16.9 Å². The standard InChI is InChI=1S/C20H18N4O.H2/c1-25-17-9-5-8-16(12-17)18-14-22-24-11-10-19(23-20(18)24)21-13-15-6-3-2-4-7-15;/h2-12,14H,13H2,1H3,(H,21,23);1H. The van der Waals surface area contributed by atoms with Gasteiger partial charge in [0.2, 0.25) is 0 Å². The van der Waals surface area contributed by atoms with Crippen LogP contribution in [0.3, 0.4) is 0 Å². The molecule has 0 unspecified atom stereocenters. The number of nitrogens with one attached hydrogen (secondary N) is 1. The monoisotopic (exact) mass is 332 g/mol. The van der Waals surface area contributed by atoms with Crippen molar-refractivity contribution in [2.24, 2.45) is 0 Å². The molecule has 0 aliphatic carbocycles. The Morgan fingerprint density at radius 3 is 2.80 bits per heavy atom. The number of benzene rings is 2. The molecule has 2 heterocycles. The molecule has 25 heavy (non-hydrogen) atoms. The van der Waals surface area contributed by atoms with Crippen LogP contribution in [0.15, 0.2) is 73.1 Å². The van der Waals surface area contributed by atoms with Gasteiger partial charge in [0.15, 0.2) is 5.65 Å². The van der Waals surface area contributed by atoms with E-state index >= 15 is 0 Å². The van der Waals surface area contributed by atoms with Crippen LogP contribution in [0, 0.1) is 0 Å². The number of ether oxygens (including phenoxy) is 1. The van der Waals surface area contributed by atoms with Gasteiger partial charge in [-0.15, -0.1) is 0 Å². The van der Waals surface area contributed by atoms with Gasteiger partial charge in [0.25, 0.3) is 0 Å². The van der Waals surface area contributed by atoms with Crippen LogP contribution in [0.1, 0.15) is 6.99 Å². The summed E-state index contributed by atoms with van der Waals surface area (Å²) >= 11 is 0. The summed E-state index contributed by atoms with van der Waals surface area (Å²) in [5.74, 6) is 1.64. The van der Waals surface area contributed by atoms with Gasteiger partial charge >= 0.3 is 0 Å². The topological polar surface area (TPSA) is 51.5 Å². The Balaban J connectivity index is 0.00000196. The number of methoxy groups -OCH3 is 1. The Bertz CT molecular complexity index is 1000. The molecule has 0 spiro atoms. The molecule has 0 fully saturated rings. The molecule has 2 aromatic carbocycles. The predicted molar refractivity (Wildman–Crippen MR) is 101 cm³/mol. The molecule has 5 nitrogen and oxygen atoms in total. The molecule has 0 saturated carbocycles. The van der Waals surface area contributed by atoms with Gasteiger partial charge in [-0.25, -0.2) is 9.50 Å². The lowest BCUT2D eigenvalue weighted by Crippen LogP contribution is -2.02. The van der Waals surface area contributed by atoms with Gasteiger partial charge in [0.1, 0.15) is 11.6 Å². The number of hydrogen-bond donors (Lipinski definition) is 1. The molecule has 4 aromatic rings. The van der Waals surface area contributed by atoms with E-state index in [1.54, 1.807) is 11.6 Å². The van der Waals surface area contributed by atoms with E-state index in [0.29, 0.717) is 0 Å². The summed E-state index contributed by atoms with van der Waals surface area (Å²) in [5.41, 5.74) is 4.03. The van der Waals surface area contributed by atoms with Crippen LogP contribution in [0.2, 0.25) is 0 Å². The minimum atomic E-state index is 0. The summed E-state index contributed by atoms with van der Waals surface area (Å²) in [5, 5.41) is 7.76. The first-order valence-corrected chi connectivity index (χ1v) is 8.10. The first-order valence-electron chi connectivity index (χ1n) is 8.10. The van der Waals surface area contributed by atoms with Crippen molar-refractivity contribution < 1.29 is 6.16 Å². The Hall–Kier alpha value is -3.34. The smallest absolute Gasteiger partial charge is 0.165 e. The quantitative estimate of drug-likeness (QED) is 0.593. The van der Waals surface area contributed by atoms with Crippen LogP contribution in [-0.4, -0.2) is 21.7 Å². The number of hydrogen-bond acceptors (Lipinski definition) is 4. The lowest BCUT2D eigenvalue weighted by Gasteiger charge is -2.07. The highest BCUT2D eigenvalue weighted by Gasteiger charge is 2.09. The summed E-state index contributed by atoms with van der Waals surface area (Å²) in [6.45, 7) is 0.729. The maximum atomic E-state index is 5.32. The van der Waals surface area contributed by atoms with Crippen molar-refractivity contribution >= 4 is 11.5 Å². The maximum Gasteiger partial charge on any atom is 0.165 e. The zero-order valence-electron chi connectivity index (χ0n) is 13.9. The Morgan fingerprint density at radius 1 is 1.08 bits per heavy atom. The first kappa shape index (κ1) is 15.2. The highest BCUT2D eigenvalue weighted by atomic mass is 16.5. The third-order valence-corrected chi connectivity index (χ3v) is 4.07. The molecule has 2 aromatic heterocycles. The number of rotatable bonds is 5. The number of aromatic nitrogens is 3. The lowest BCUT2D eigenvalue weighted by molar-refractivity contribution is 0.415. The van der Waals surface area contributed by atoms with E-state index in [1.165, 1.54) is 5.56 Å². The van der Waals surface area contributed by atoms with Crippen molar-refractivity contribution in [1.29, 1.82) is 0 Å². The van der Waals surface area contributed by atoms with Gasteiger partial charge in [-0.05, 0) is 29.3 Å². The Labute approximate surface area is 147 Å². The minimum absolute atomic E-state index is 0. The fourth-order valence-corrected chi connectivity index (χ4v) is 2.75. The number of fused-ring (bicyclic) bond motifs is 1. The lowest BCUT2D eigenvalue weighted by atomic mass is 10.1. The van der Waals surface area contributed by atoms with Gasteiger partial charge in [-0.3, -0.25) is 0 Å². The van der Waals surface area contributed by atoms with E-state index in [4.69, 9.17) is 9.72 Å². The van der Waals surface area contributed by atoms with Gasteiger partial charge in [0.05, 0.1) is 13.3 Å². The van der Waals surface area contributed by atoms with Crippen LogP contribution >= 0.6 is 0 Å².